The van der Waals surface area contributed by atoms with Gasteiger partial charge < -0.3 is 14.7 Å². The third-order valence-corrected chi connectivity index (χ3v) is 7.13. The van der Waals surface area contributed by atoms with Crippen LogP contribution in [0.2, 0.25) is 0 Å². The molecule has 33 heavy (non-hydrogen) atoms. The van der Waals surface area contributed by atoms with Crippen LogP contribution in [0.3, 0.4) is 0 Å². The number of piperidine rings is 2. The minimum Gasteiger partial charge on any atom is -0.306 e. The highest BCUT2D eigenvalue weighted by Crippen LogP contribution is 2.23. The van der Waals surface area contributed by atoms with Crippen LogP contribution in [0.4, 0.5) is 0 Å². The third kappa shape index (κ3) is 16.8. The van der Waals surface area contributed by atoms with Gasteiger partial charge in [0.05, 0.1) is 0 Å². The predicted molar refractivity (Wildman–Crippen MR) is 151 cm³/mol. The highest BCUT2D eigenvalue weighted by atomic mass is 15.1. The first kappa shape index (κ1) is 32.6. The van der Waals surface area contributed by atoms with Crippen LogP contribution in [-0.2, 0) is 0 Å². The molecule has 0 bridgehead atoms. The first-order valence-corrected chi connectivity index (χ1v) is 13.8. The quantitative estimate of drug-likeness (QED) is 0.395. The van der Waals surface area contributed by atoms with Gasteiger partial charge in [-0.05, 0) is 115 Å². The maximum absolute atomic E-state index is 2.44. The summed E-state index contributed by atoms with van der Waals surface area (Å²) in [5, 5.41) is 0. The number of hydrogen-bond acceptors (Lipinski definition) is 3. The van der Waals surface area contributed by atoms with E-state index >= 15 is 0 Å². The summed E-state index contributed by atoms with van der Waals surface area (Å²) in [7, 11) is 6.65. The topological polar surface area (TPSA) is 9.72 Å². The summed E-state index contributed by atoms with van der Waals surface area (Å²) >= 11 is 0. The number of rotatable bonds is 5. The van der Waals surface area contributed by atoms with Crippen molar-refractivity contribution in [3.8, 4) is 0 Å². The Bertz CT molecular complexity index is 479. The highest BCUT2D eigenvalue weighted by molar-refractivity contribution is 5.06. The Morgan fingerprint density at radius 2 is 1.09 bits per heavy atom. The van der Waals surface area contributed by atoms with Gasteiger partial charge >= 0.3 is 0 Å². The Morgan fingerprint density at radius 3 is 1.52 bits per heavy atom. The summed E-state index contributed by atoms with van der Waals surface area (Å²) in [5.41, 5.74) is 1.66. The van der Waals surface area contributed by atoms with Crippen LogP contribution in [0.5, 0.6) is 0 Å². The van der Waals surface area contributed by atoms with Gasteiger partial charge in [-0.2, -0.15) is 0 Å². The molecule has 3 saturated heterocycles. The van der Waals surface area contributed by atoms with E-state index in [1.54, 1.807) is 5.57 Å². The Hall–Kier alpha value is -0.380. The van der Waals surface area contributed by atoms with Crippen molar-refractivity contribution in [3.05, 3.63) is 11.6 Å². The van der Waals surface area contributed by atoms with Crippen LogP contribution in [0.15, 0.2) is 11.6 Å². The molecule has 1 unspecified atom stereocenters. The summed E-state index contributed by atoms with van der Waals surface area (Å²) in [6.45, 7) is 21.6. The van der Waals surface area contributed by atoms with Gasteiger partial charge in [0.1, 0.15) is 0 Å². The van der Waals surface area contributed by atoms with E-state index in [0.717, 1.165) is 29.6 Å². The molecule has 3 fully saturated rings. The van der Waals surface area contributed by atoms with Gasteiger partial charge in [0, 0.05) is 19.6 Å². The second kappa shape index (κ2) is 18.0. The van der Waals surface area contributed by atoms with Crippen molar-refractivity contribution in [1.82, 2.24) is 14.7 Å². The summed E-state index contributed by atoms with van der Waals surface area (Å²) in [5.74, 6) is 4.52. The summed E-state index contributed by atoms with van der Waals surface area (Å²) in [4.78, 5) is 7.28. The van der Waals surface area contributed by atoms with E-state index in [9.17, 15) is 0 Å². The minimum atomic E-state index is 0. The fourth-order valence-electron chi connectivity index (χ4n) is 5.39. The number of hydrogen-bond donors (Lipinski definition) is 0. The fourth-order valence-corrected chi connectivity index (χ4v) is 5.39. The molecule has 3 aliphatic rings. The fraction of sp³-hybridized carbons (Fsp3) is 0.933. The van der Waals surface area contributed by atoms with E-state index < -0.39 is 0 Å². The van der Waals surface area contributed by atoms with E-state index in [0.29, 0.717) is 0 Å². The van der Waals surface area contributed by atoms with Gasteiger partial charge in [0.15, 0.2) is 0 Å². The van der Waals surface area contributed by atoms with E-state index in [4.69, 9.17) is 0 Å². The molecule has 3 heteroatoms. The molecular weight excluding hydrogens is 402 g/mol. The first-order chi connectivity index (χ1) is 15.0. The predicted octanol–water partition coefficient (Wildman–Crippen LogP) is 7.29. The molecule has 198 valence electrons. The second-order valence-corrected chi connectivity index (χ2v) is 12.3. The zero-order chi connectivity index (χ0) is 24.1. The van der Waals surface area contributed by atoms with Crippen molar-refractivity contribution in [2.75, 3.05) is 60.4 Å². The minimum absolute atomic E-state index is 0. The average molecular weight is 466 g/mol. The standard InChI is InChI=1S/C10H21N.C10H19N.C9H19N.CH4/c2*1-9(2)8-10-4-6-11(3)7-5-10;1-8(2)6-9-4-5-10(3)7-9;/h9-10H,4-8H2,1-3H3;8-9H,4-7H2,1-3H3;8-9H,4-7H2,1-3H3;1H4. The number of nitrogens with zero attached hydrogens (tertiary/aromatic N) is 3. The maximum atomic E-state index is 2.44. The molecule has 0 aliphatic carbocycles. The zero-order valence-electron chi connectivity index (χ0n) is 23.5. The second-order valence-electron chi connectivity index (χ2n) is 12.3. The SMILES string of the molecule is C.CC(C)C=C1CCN(C)CC1.CC(C)CC1CCN(C)C1.CC(C)CC1CCN(C)CC1. The molecule has 0 spiro atoms. The molecular formula is C30H63N3. The molecule has 0 aromatic carbocycles. The molecule has 0 N–H and O–H groups in total. The van der Waals surface area contributed by atoms with Crippen LogP contribution in [0, 0.1) is 29.6 Å². The van der Waals surface area contributed by atoms with Gasteiger partial charge in [0.25, 0.3) is 0 Å². The Kier molecular flexibility index (Phi) is 17.8. The molecule has 0 aromatic rings. The van der Waals surface area contributed by atoms with Crippen molar-refractivity contribution in [1.29, 1.82) is 0 Å². The van der Waals surface area contributed by atoms with Crippen LogP contribution in [0.1, 0.15) is 93.9 Å². The van der Waals surface area contributed by atoms with E-state index in [2.05, 4.69) is 83.5 Å². The zero-order valence-corrected chi connectivity index (χ0v) is 23.5. The molecule has 3 rings (SSSR count). The lowest BCUT2D eigenvalue weighted by Crippen LogP contribution is -2.30. The summed E-state index contributed by atoms with van der Waals surface area (Å²) in [6, 6.07) is 0. The third-order valence-electron chi connectivity index (χ3n) is 7.13. The maximum Gasteiger partial charge on any atom is 0.00157 e. The van der Waals surface area contributed by atoms with Gasteiger partial charge in [-0.1, -0.05) is 60.6 Å². The normalized spacial score (nSPS) is 23.2. The van der Waals surface area contributed by atoms with Crippen LogP contribution in [0.25, 0.3) is 0 Å². The Balaban J connectivity index is 0.000000459. The molecule has 0 radical (unpaired) electrons. The molecule has 0 aromatic heterocycles. The van der Waals surface area contributed by atoms with Crippen molar-refractivity contribution >= 4 is 0 Å². The van der Waals surface area contributed by atoms with E-state index in [1.807, 2.05) is 0 Å². The van der Waals surface area contributed by atoms with Crippen molar-refractivity contribution in [2.45, 2.75) is 93.9 Å². The molecule has 0 saturated carbocycles. The first-order valence-electron chi connectivity index (χ1n) is 13.8. The Labute approximate surface area is 210 Å². The monoisotopic (exact) mass is 466 g/mol. The molecule has 0 amide bonds. The van der Waals surface area contributed by atoms with E-state index in [1.165, 1.54) is 84.2 Å². The smallest absolute Gasteiger partial charge is 0.00157 e. The van der Waals surface area contributed by atoms with Gasteiger partial charge in [0.2, 0.25) is 0 Å². The lowest BCUT2D eigenvalue weighted by Gasteiger charge is -2.29. The van der Waals surface area contributed by atoms with Crippen LogP contribution >= 0.6 is 0 Å². The lowest BCUT2D eigenvalue weighted by atomic mass is 9.89. The summed E-state index contributed by atoms with van der Waals surface area (Å²) < 4.78 is 0. The van der Waals surface area contributed by atoms with Crippen LogP contribution in [-0.4, -0.2) is 75.1 Å². The van der Waals surface area contributed by atoms with Gasteiger partial charge in [-0.15, -0.1) is 0 Å². The number of likely N-dealkylation sites (tertiary alicyclic amines) is 3. The van der Waals surface area contributed by atoms with Gasteiger partial charge in [-0.25, -0.2) is 0 Å². The molecule has 3 nitrogen and oxygen atoms in total. The van der Waals surface area contributed by atoms with Crippen molar-refractivity contribution in [2.24, 2.45) is 29.6 Å². The average Bonchev–Trinajstić information content (AvgIpc) is 3.10. The van der Waals surface area contributed by atoms with Crippen LogP contribution < -0.4 is 0 Å². The van der Waals surface area contributed by atoms with Gasteiger partial charge in [-0.3, -0.25) is 0 Å². The largest absolute Gasteiger partial charge is 0.306 e. The molecule has 1 atom stereocenters. The molecule has 3 heterocycles. The number of allylic oxidation sites excluding steroid dienone is 1. The molecule has 3 aliphatic heterocycles. The lowest BCUT2D eigenvalue weighted by molar-refractivity contribution is 0.201. The highest BCUT2D eigenvalue weighted by Gasteiger charge is 2.19. The Morgan fingerprint density at radius 1 is 0.667 bits per heavy atom. The van der Waals surface area contributed by atoms with Crippen molar-refractivity contribution in [3.63, 3.8) is 0 Å². The van der Waals surface area contributed by atoms with E-state index in [-0.39, 0.29) is 7.43 Å². The van der Waals surface area contributed by atoms with Crippen molar-refractivity contribution < 1.29 is 0 Å². The summed E-state index contributed by atoms with van der Waals surface area (Å²) in [6.07, 6.45) is 12.1.